The van der Waals surface area contributed by atoms with Crippen LogP contribution in [0.2, 0.25) is 0 Å². The van der Waals surface area contributed by atoms with Gasteiger partial charge >= 0.3 is 0 Å². The van der Waals surface area contributed by atoms with E-state index in [0.717, 1.165) is 15.8 Å². The molecule has 10 heteroatoms. The summed E-state index contributed by atoms with van der Waals surface area (Å²) in [7, 11) is -3.45. The monoisotopic (exact) mass is 503 g/mol. The van der Waals surface area contributed by atoms with Gasteiger partial charge in [0.25, 0.3) is 0 Å². The highest BCUT2D eigenvalue weighted by Gasteiger charge is 2.15. The fraction of sp³-hybridized carbons (Fsp3) is 0.375. The number of anilines is 1. The van der Waals surface area contributed by atoms with E-state index in [2.05, 4.69) is 10.3 Å². The molecule has 0 unspecified atom stereocenters. The van der Waals surface area contributed by atoms with E-state index in [0.29, 0.717) is 30.2 Å². The Balaban J connectivity index is 1.78. The Morgan fingerprint density at radius 3 is 2.56 bits per heavy atom. The van der Waals surface area contributed by atoms with Crippen LogP contribution in [0.5, 0.6) is 0 Å². The van der Waals surface area contributed by atoms with Crippen molar-refractivity contribution in [1.82, 2.24) is 4.57 Å². The second-order valence-electron chi connectivity index (χ2n) is 7.84. The predicted molar refractivity (Wildman–Crippen MR) is 134 cm³/mol. The molecule has 0 aliphatic rings. The molecule has 0 bridgehead atoms. The Morgan fingerprint density at radius 1 is 1.15 bits per heavy atom. The molecule has 0 radical (unpaired) electrons. The number of carbonyl (C=O) groups excluding carboxylic acids is 2. The minimum Gasteiger partial charge on any atom is -0.380 e. The third-order valence-electron chi connectivity index (χ3n) is 5.07. The molecule has 182 valence electrons. The van der Waals surface area contributed by atoms with E-state index in [1.165, 1.54) is 18.3 Å². The van der Waals surface area contributed by atoms with Crippen LogP contribution < -0.4 is 10.1 Å². The highest BCUT2D eigenvalue weighted by molar-refractivity contribution is 7.91. The highest BCUT2D eigenvalue weighted by atomic mass is 32.2. The molecule has 0 aliphatic heterocycles. The van der Waals surface area contributed by atoms with Crippen molar-refractivity contribution in [1.29, 1.82) is 0 Å². The molecule has 1 aromatic heterocycles. The number of benzene rings is 2. The van der Waals surface area contributed by atoms with Crippen LogP contribution in [-0.4, -0.2) is 43.8 Å². The maximum Gasteiger partial charge on any atom is 0.248 e. The molecule has 0 saturated carbocycles. The molecular weight excluding hydrogens is 474 g/mol. The molecule has 0 spiro atoms. The zero-order valence-corrected chi connectivity index (χ0v) is 21.2. The third kappa shape index (κ3) is 6.85. The van der Waals surface area contributed by atoms with Crippen molar-refractivity contribution in [2.75, 3.05) is 24.3 Å². The van der Waals surface area contributed by atoms with Gasteiger partial charge in [0.05, 0.1) is 27.5 Å². The van der Waals surface area contributed by atoms with Gasteiger partial charge in [0.1, 0.15) is 0 Å². The summed E-state index contributed by atoms with van der Waals surface area (Å²) in [5.74, 6) is -0.660. The zero-order valence-electron chi connectivity index (χ0n) is 19.5. The smallest absolute Gasteiger partial charge is 0.248 e. The van der Waals surface area contributed by atoms with Crippen molar-refractivity contribution in [3.8, 4) is 0 Å². The first-order valence-electron chi connectivity index (χ1n) is 11.1. The predicted octanol–water partition coefficient (Wildman–Crippen LogP) is 3.69. The Morgan fingerprint density at radius 2 is 1.88 bits per heavy atom. The van der Waals surface area contributed by atoms with Gasteiger partial charge in [-0.25, -0.2) is 8.42 Å². The van der Waals surface area contributed by atoms with Gasteiger partial charge in [-0.3, -0.25) is 9.59 Å². The molecule has 0 fully saturated rings. The van der Waals surface area contributed by atoms with E-state index in [1.807, 2.05) is 30.5 Å². The molecular formula is C24H29N3O5S2. The van der Waals surface area contributed by atoms with Crippen molar-refractivity contribution in [3.63, 3.8) is 0 Å². The van der Waals surface area contributed by atoms with Gasteiger partial charge in [0.15, 0.2) is 14.6 Å². The molecule has 1 heterocycles. The number of sulfone groups is 1. The van der Waals surface area contributed by atoms with Crippen molar-refractivity contribution < 1.29 is 22.7 Å². The van der Waals surface area contributed by atoms with Crippen LogP contribution in [0.3, 0.4) is 0 Å². The molecule has 2 aromatic carbocycles. The van der Waals surface area contributed by atoms with Crippen molar-refractivity contribution in [2.45, 2.75) is 45.1 Å². The van der Waals surface area contributed by atoms with Gasteiger partial charge in [0.2, 0.25) is 11.8 Å². The first kappa shape index (κ1) is 25.8. The van der Waals surface area contributed by atoms with Crippen LogP contribution in [0.4, 0.5) is 5.69 Å². The number of aromatic nitrogens is 1. The molecule has 1 N–H and O–H groups in total. The van der Waals surface area contributed by atoms with Crippen LogP contribution in [-0.2, 0) is 30.7 Å². The standard InChI is InChI=1S/C24H29N3O5S2/c1-4-32-14-13-27-21-12-9-19(25-18(3)28)16-22(21)33-24(27)26-23(29)6-5-15-34(30,31)20-10-7-17(2)8-11-20/h7-12,16H,4-6,13-15H2,1-3H3,(H,25,28). The number of nitrogens with zero attached hydrogens (tertiary/aromatic N) is 2. The van der Waals surface area contributed by atoms with E-state index >= 15 is 0 Å². The van der Waals surface area contributed by atoms with Gasteiger partial charge in [-0.1, -0.05) is 29.0 Å². The number of thiazole rings is 1. The Bertz CT molecular complexity index is 1340. The summed E-state index contributed by atoms with van der Waals surface area (Å²) < 4.78 is 33.3. The summed E-state index contributed by atoms with van der Waals surface area (Å²) >= 11 is 1.34. The second-order valence-corrected chi connectivity index (χ2v) is 11.0. The van der Waals surface area contributed by atoms with Gasteiger partial charge < -0.3 is 14.6 Å². The number of rotatable bonds is 10. The number of ether oxygens (including phenoxy) is 1. The van der Waals surface area contributed by atoms with Crippen LogP contribution in [0, 0.1) is 6.92 Å². The van der Waals surface area contributed by atoms with Gasteiger partial charge in [-0.2, -0.15) is 4.99 Å². The Hall–Kier alpha value is -2.82. The number of fused-ring (bicyclic) bond motifs is 1. The number of nitrogens with one attached hydrogen (secondary N) is 1. The van der Waals surface area contributed by atoms with Gasteiger partial charge in [0, 0.05) is 32.2 Å². The Kier molecular flexibility index (Phi) is 8.76. The Labute approximate surface area is 203 Å². The first-order valence-corrected chi connectivity index (χ1v) is 13.5. The minimum absolute atomic E-state index is 0.0297. The van der Waals surface area contributed by atoms with Crippen molar-refractivity contribution in [3.05, 3.63) is 52.8 Å². The molecule has 34 heavy (non-hydrogen) atoms. The summed E-state index contributed by atoms with van der Waals surface area (Å²) in [6.07, 6.45) is 0.219. The van der Waals surface area contributed by atoms with Crippen LogP contribution in [0.1, 0.15) is 32.3 Å². The molecule has 2 amide bonds. The summed E-state index contributed by atoms with van der Waals surface area (Å²) in [4.78, 5) is 29.0. The lowest BCUT2D eigenvalue weighted by atomic mass is 10.2. The molecule has 0 saturated heterocycles. The van der Waals surface area contributed by atoms with E-state index in [9.17, 15) is 18.0 Å². The van der Waals surface area contributed by atoms with E-state index in [4.69, 9.17) is 4.74 Å². The number of hydrogen-bond donors (Lipinski definition) is 1. The van der Waals surface area contributed by atoms with Crippen LogP contribution >= 0.6 is 11.3 Å². The molecule has 8 nitrogen and oxygen atoms in total. The summed E-state index contributed by atoms with van der Waals surface area (Å²) in [6.45, 7) is 6.81. The minimum atomic E-state index is -3.45. The molecule has 3 rings (SSSR count). The largest absolute Gasteiger partial charge is 0.380 e. The molecule has 0 aliphatic carbocycles. The summed E-state index contributed by atoms with van der Waals surface area (Å²) in [6, 6.07) is 12.2. The van der Waals surface area contributed by atoms with Crippen molar-refractivity contribution in [2.24, 2.45) is 4.99 Å². The maximum atomic E-state index is 12.6. The van der Waals surface area contributed by atoms with Crippen molar-refractivity contribution >= 4 is 48.9 Å². The fourth-order valence-electron chi connectivity index (χ4n) is 3.40. The lowest BCUT2D eigenvalue weighted by molar-refractivity contribution is -0.118. The van der Waals surface area contributed by atoms with E-state index < -0.39 is 9.84 Å². The van der Waals surface area contributed by atoms with Gasteiger partial charge in [-0.05, 0) is 50.6 Å². The third-order valence-corrected chi connectivity index (χ3v) is 7.93. The first-order chi connectivity index (χ1) is 16.2. The van der Waals surface area contributed by atoms with Crippen LogP contribution in [0.25, 0.3) is 10.2 Å². The van der Waals surface area contributed by atoms with Crippen LogP contribution in [0.15, 0.2) is 52.4 Å². The molecule has 0 atom stereocenters. The second kappa shape index (κ2) is 11.5. The average Bonchev–Trinajstić information content (AvgIpc) is 3.09. The number of aryl methyl sites for hydroxylation is 1. The number of amides is 2. The summed E-state index contributed by atoms with van der Waals surface area (Å²) in [5.41, 5.74) is 2.53. The quantitative estimate of drug-likeness (QED) is 0.425. The SMILES string of the molecule is CCOCCn1c(=NC(=O)CCCS(=O)(=O)c2ccc(C)cc2)sc2cc(NC(C)=O)ccc21. The topological polar surface area (TPSA) is 107 Å². The highest BCUT2D eigenvalue weighted by Crippen LogP contribution is 2.22. The van der Waals surface area contributed by atoms with E-state index in [-0.39, 0.29) is 35.3 Å². The van der Waals surface area contributed by atoms with Gasteiger partial charge in [-0.15, -0.1) is 0 Å². The fourth-order valence-corrected chi connectivity index (χ4v) is 5.82. The lowest BCUT2D eigenvalue weighted by Gasteiger charge is -2.06. The number of carbonyl (C=O) groups is 2. The average molecular weight is 504 g/mol. The maximum absolute atomic E-state index is 12.6. The normalized spacial score (nSPS) is 12.3. The number of hydrogen-bond acceptors (Lipinski definition) is 6. The molecule has 3 aromatic rings. The lowest BCUT2D eigenvalue weighted by Crippen LogP contribution is -2.20. The zero-order chi connectivity index (χ0) is 24.7. The summed E-state index contributed by atoms with van der Waals surface area (Å²) in [5, 5.41) is 2.76. The van der Waals surface area contributed by atoms with E-state index in [1.54, 1.807) is 30.3 Å².